The van der Waals surface area contributed by atoms with E-state index in [1.54, 1.807) is 0 Å². The van der Waals surface area contributed by atoms with Crippen molar-refractivity contribution >= 4 is 36.3 Å². The second-order valence-corrected chi connectivity index (χ2v) is 9.80. The Hall–Kier alpha value is -2.25. The van der Waals surface area contributed by atoms with E-state index in [1.807, 2.05) is 51.1 Å². The Morgan fingerprint density at radius 1 is 0.833 bits per heavy atom. The van der Waals surface area contributed by atoms with Gasteiger partial charge in [0.1, 0.15) is 0 Å². The van der Waals surface area contributed by atoms with Gasteiger partial charge in [0.2, 0.25) is 0 Å². The molecule has 0 aliphatic rings. The van der Waals surface area contributed by atoms with Crippen molar-refractivity contribution in [1.29, 1.82) is 0 Å². The summed E-state index contributed by atoms with van der Waals surface area (Å²) in [6.07, 6.45) is 0.742. The van der Waals surface area contributed by atoms with Crippen LogP contribution in [0.4, 0.5) is 0 Å². The predicted molar refractivity (Wildman–Crippen MR) is 124 cm³/mol. The summed E-state index contributed by atoms with van der Waals surface area (Å²) in [5, 5.41) is 7.39. The lowest BCUT2D eigenvalue weighted by molar-refractivity contribution is 0.0705. The molecule has 3 aromatic rings. The first-order chi connectivity index (χ1) is 14.6. The van der Waals surface area contributed by atoms with Gasteiger partial charge < -0.3 is 18.6 Å². The number of carbonyl (C=O) groups is 1. The highest BCUT2D eigenvalue weighted by Gasteiger charge is 2.39. The fourth-order valence-electron chi connectivity index (χ4n) is 3.77. The van der Waals surface area contributed by atoms with Crippen LogP contribution in [0.15, 0.2) is 54.6 Å². The van der Waals surface area contributed by atoms with Crippen LogP contribution in [0, 0.1) is 0 Å². The fraction of sp³-hybridized carbons (Fsp3) is 0.375. The third-order valence-electron chi connectivity index (χ3n) is 5.03. The molecule has 0 fully saturated rings. The molecular weight excluding hydrogens is 394 g/mol. The largest absolute Gasteiger partial charge is 0.500 e. The Balaban J connectivity index is 1.69. The Kier molecular flexibility index (Phi) is 7.99. The van der Waals surface area contributed by atoms with Gasteiger partial charge >= 0.3 is 8.80 Å². The first-order valence-electron chi connectivity index (χ1n) is 10.7. The smallest absolute Gasteiger partial charge is 0.374 e. The molecule has 0 unspecified atom stereocenters. The van der Waals surface area contributed by atoms with Crippen LogP contribution in [0.2, 0.25) is 6.04 Å². The zero-order chi connectivity index (χ0) is 21.4. The zero-order valence-electron chi connectivity index (χ0n) is 18.1. The molecule has 0 atom stereocenters. The minimum Gasteiger partial charge on any atom is -0.374 e. The number of fused-ring (bicyclic) bond motifs is 2. The predicted octanol–water partition coefficient (Wildman–Crippen LogP) is 5.16. The lowest BCUT2D eigenvalue weighted by atomic mass is 9.99. The van der Waals surface area contributed by atoms with E-state index in [0.29, 0.717) is 38.0 Å². The number of amides is 1. The lowest BCUT2D eigenvalue weighted by Crippen LogP contribution is -2.46. The van der Waals surface area contributed by atoms with Gasteiger partial charge in [-0.15, -0.1) is 0 Å². The van der Waals surface area contributed by atoms with Gasteiger partial charge in [-0.05, 0) is 66.9 Å². The minimum atomic E-state index is -2.67. The molecule has 0 spiro atoms. The maximum absolute atomic E-state index is 12.9. The van der Waals surface area contributed by atoms with Crippen molar-refractivity contribution in [1.82, 2.24) is 5.32 Å². The van der Waals surface area contributed by atoms with Crippen LogP contribution in [0.3, 0.4) is 0 Å². The number of nitrogens with one attached hydrogen (secondary N) is 1. The van der Waals surface area contributed by atoms with Crippen molar-refractivity contribution < 1.29 is 18.1 Å². The van der Waals surface area contributed by atoms with Crippen LogP contribution in [0.1, 0.15) is 37.6 Å². The van der Waals surface area contributed by atoms with Gasteiger partial charge in [-0.2, -0.15) is 0 Å². The van der Waals surface area contributed by atoms with Crippen molar-refractivity contribution in [2.75, 3.05) is 26.4 Å². The Morgan fingerprint density at radius 2 is 1.43 bits per heavy atom. The van der Waals surface area contributed by atoms with E-state index in [-0.39, 0.29) is 5.91 Å². The van der Waals surface area contributed by atoms with Crippen LogP contribution < -0.4 is 5.32 Å². The van der Waals surface area contributed by atoms with Crippen LogP contribution >= 0.6 is 0 Å². The molecule has 30 heavy (non-hydrogen) atoms. The summed E-state index contributed by atoms with van der Waals surface area (Å²) >= 11 is 0. The zero-order valence-corrected chi connectivity index (χ0v) is 19.1. The highest BCUT2D eigenvalue weighted by atomic mass is 28.4. The molecule has 3 rings (SSSR count). The second kappa shape index (κ2) is 10.7. The van der Waals surface area contributed by atoms with Crippen molar-refractivity contribution in [2.24, 2.45) is 0 Å². The standard InChI is InChI=1S/C24H31NO4Si/c1-4-27-30(28-5-2,29-6-3)16-10-15-25-24(26)22-14-9-13-21-17-19-11-7-8-12-20(19)18-23(21)22/h7-9,11-14,17-18H,4-6,10,15-16H2,1-3H3,(H,25,26). The number of benzene rings is 3. The lowest BCUT2D eigenvalue weighted by Gasteiger charge is -2.28. The van der Waals surface area contributed by atoms with Gasteiger partial charge in [-0.25, -0.2) is 0 Å². The Labute approximate surface area is 179 Å². The summed E-state index contributed by atoms with van der Waals surface area (Å²) in [7, 11) is -2.67. The van der Waals surface area contributed by atoms with E-state index >= 15 is 0 Å². The van der Waals surface area contributed by atoms with E-state index in [2.05, 4.69) is 29.6 Å². The molecule has 1 amide bonds. The van der Waals surface area contributed by atoms with Gasteiger partial charge in [-0.1, -0.05) is 36.4 Å². The molecule has 3 aromatic carbocycles. The quantitative estimate of drug-likeness (QED) is 0.262. The van der Waals surface area contributed by atoms with E-state index in [9.17, 15) is 4.79 Å². The highest BCUT2D eigenvalue weighted by Crippen LogP contribution is 2.25. The monoisotopic (exact) mass is 425 g/mol. The van der Waals surface area contributed by atoms with Crippen LogP contribution in [0.5, 0.6) is 0 Å². The third-order valence-corrected chi connectivity index (χ3v) is 8.18. The average molecular weight is 426 g/mol. The minimum absolute atomic E-state index is 0.0626. The summed E-state index contributed by atoms with van der Waals surface area (Å²) in [6.45, 7) is 8.07. The number of hydrogen-bond acceptors (Lipinski definition) is 4. The Bertz CT molecular complexity index is 974. The molecule has 0 saturated heterocycles. The molecule has 0 bridgehead atoms. The Morgan fingerprint density at radius 3 is 2.07 bits per heavy atom. The topological polar surface area (TPSA) is 56.8 Å². The maximum atomic E-state index is 12.9. The van der Waals surface area contributed by atoms with Crippen LogP contribution in [0.25, 0.3) is 21.5 Å². The summed E-state index contributed by atoms with van der Waals surface area (Å²) < 4.78 is 17.6. The molecule has 5 nitrogen and oxygen atoms in total. The SMILES string of the molecule is CCO[Si](CCCNC(=O)c1cccc2cc3ccccc3cc12)(OCC)OCC. The molecule has 1 N–H and O–H groups in total. The van der Waals surface area contributed by atoms with E-state index in [0.717, 1.165) is 22.6 Å². The summed E-state index contributed by atoms with van der Waals surface area (Å²) in [5.74, 6) is -0.0626. The normalized spacial score (nSPS) is 11.8. The number of rotatable bonds is 11. The molecule has 0 aliphatic carbocycles. The van der Waals surface area contributed by atoms with Crippen molar-refractivity contribution in [3.8, 4) is 0 Å². The highest BCUT2D eigenvalue weighted by molar-refractivity contribution is 6.60. The van der Waals surface area contributed by atoms with E-state index in [1.165, 1.54) is 5.39 Å². The molecule has 6 heteroatoms. The molecule has 160 valence electrons. The summed E-state index contributed by atoms with van der Waals surface area (Å²) in [5.41, 5.74) is 0.696. The van der Waals surface area contributed by atoms with Crippen molar-refractivity contribution in [3.63, 3.8) is 0 Å². The molecule has 0 radical (unpaired) electrons. The average Bonchev–Trinajstić information content (AvgIpc) is 2.75. The second-order valence-electron chi connectivity index (χ2n) is 7.07. The first kappa shape index (κ1) is 22.4. The van der Waals surface area contributed by atoms with Gasteiger partial charge in [0.25, 0.3) is 5.91 Å². The first-order valence-corrected chi connectivity index (χ1v) is 12.7. The third kappa shape index (κ3) is 5.26. The van der Waals surface area contributed by atoms with E-state index < -0.39 is 8.80 Å². The van der Waals surface area contributed by atoms with Gasteiger partial charge in [0.05, 0.1) is 0 Å². The van der Waals surface area contributed by atoms with Gasteiger partial charge in [-0.3, -0.25) is 4.79 Å². The molecule has 0 aliphatic heterocycles. The number of hydrogen-bond donors (Lipinski definition) is 1. The molecule has 0 saturated carbocycles. The van der Waals surface area contributed by atoms with Gasteiger partial charge in [0, 0.05) is 38.0 Å². The molecule has 0 aromatic heterocycles. The van der Waals surface area contributed by atoms with E-state index in [4.69, 9.17) is 13.3 Å². The van der Waals surface area contributed by atoms with Crippen LogP contribution in [-0.2, 0) is 13.3 Å². The summed E-state index contributed by atoms with van der Waals surface area (Å²) in [6, 6.07) is 19.0. The molecule has 0 heterocycles. The van der Waals surface area contributed by atoms with Crippen LogP contribution in [-0.4, -0.2) is 41.1 Å². The summed E-state index contributed by atoms with van der Waals surface area (Å²) in [4.78, 5) is 12.9. The van der Waals surface area contributed by atoms with Crippen molar-refractivity contribution in [3.05, 3.63) is 60.2 Å². The fourth-order valence-corrected chi connectivity index (χ4v) is 6.38. The van der Waals surface area contributed by atoms with Crippen molar-refractivity contribution in [2.45, 2.75) is 33.2 Å². The molecular formula is C24H31NO4Si. The maximum Gasteiger partial charge on any atom is 0.500 e. The number of carbonyl (C=O) groups excluding carboxylic acids is 1. The van der Waals surface area contributed by atoms with Gasteiger partial charge in [0.15, 0.2) is 0 Å².